The van der Waals surface area contributed by atoms with Crippen LogP contribution in [0.2, 0.25) is 5.15 Å². The first-order chi connectivity index (χ1) is 13.5. The van der Waals surface area contributed by atoms with Gasteiger partial charge in [-0.15, -0.1) is 0 Å². The molecule has 3 rings (SSSR count). The van der Waals surface area contributed by atoms with Gasteiger partial charge in [0.1, 0.15) is 10.9 Å². The lowest BCUT2D eigenvalue weighted by Gasteiger charge is -2.44. The molecule has 3 atom stereocenters. The number of β-lactam (4-membered cyclic amide) rings is 1. The predicted molar refractivity (Wildman–Crippen MR) is 103 cm³/mol. The molecule has 0 spiro atoms. The summed E-state index contributed by atoms with van der Waals surface area (Å²) < 4.78 is 10.1. The van der Waals surface area contributed by atoms with Gasteiger partial charge in [-0.25, -0.2) is 9.78 Å². The van der Waals surface area contributed by atoms with Crippen molar-refractivity contribution in [2.75, 3.05) is 6.79 Å². The number of pyridine rings is 1. The van der Waals surface area contributed by atoms with Gasteiger partial charge in [-0.1, -0.05) is 17.7 Å². The third-order valence-electron chi connectivity index (χ3n) is 4.99. The molecule has 156 valence electrons. The number of rotatable bonds is 5. The van der Waals surface area contributed by atoms with Crippen LogP contribution in [0.4, 0.5) is 0 Å². The number of esters is 2. The molecule has 9 heteroatoms. The van der Waals surface area contributed by atoms with Crippen molar-refractivity contribution in [2.45, 2.75) is 46.3 Å². The van der Waals surface area contributed by atoms with E-state index in [1.165, 1.54) is 11.1 Å². The lowest BCUT2D eigenvalue weighted by atomic mass is 9.82. The molecule has 2 aliphatic heterocycles. The van der Waals surface area contributed by atoms with Crippen LogP contribution in [0.1, 0.15) is 39.7 Å². The van der Waals surface area contributed by atoms with E-state index >= 15 is 0 Å². The van der Waals surface area contributed by atoms with Crippen molar-refractivity contribution >= 4 is 35.0 Å². The first kappa shape index (κ1) is 21.3. The van der Waals surface area contributed by atoms with Crippen LogP contribution in [-0.2, 0) is 23.9 Å². The second-order valence-electron chi connectivity index (χ2n) is 8.17. The molecule has 1 fully saturated rings. The van der Waals surface area contributed by atoms with Gasteiger partial charge in [0.25, 0.3) is 0 Å². The van der Waals surface area contributed by atoms with E-state index in [2.05, 4.69) is 4.98 Å². The van der Waals surface area contributed by atoms with Gasteiger partial charge < -0.3 is 19.5 Å². The Morgan fingerprint density at radius 2 is 2.03 bits per heavy atom. The highest BCUT2D eigenvalue weighted by Crippen LogP contribution is 2.47. The van der Waals surface area contributed by atoms with Crippen molar-refractivity contribution in [2.24, 2.45) is 11.3 Å². The second-order valence-corrected chi connectivity index (χ2v) is 8.56. The maximum atomic E-state index is 12.8. The van der Waals surface area contributed by atoms with E-state index < -0.39 is 36.2 Å². The van der Waals surface area contributed by atoms with E-state index in [4.69, 9.17) is 21.1 Å². The SMILES string of the molecule is C[C@@H](O)[C@H]1C(=O)N2C(C(=O)OCOC(=O)C(C)(C)C)=C(c3ccc(Cl)nc3)C[C@H]12. The molecule has 1 aromatic heterocycles. The first-order valence-electron chi connectivity index (χ1n) is 9.23. The predicted octanol–water partition coefficient (Wildman–Crippen LogP) is 2.15. The van der Waals surface area contributed by atoms with Gasteiger partial charge in [-0.2, -0.15) is 0 Å². The molecule has 3 heterocycles. The Morgan fingerprint density at radius 1 is 1.34 bits per heavy atom. The van der Waals surface area contributed by atoms with Crippen molar-refractivity contribution < 1.29 is 29.0 Å². The molecule has 0 unspecified atom stereocenters. The fraction of sp³-hybridized carbons (Fsp3) is 0.500. The van der Waals surface area contributed by atoms with Crippen molar-refractivity contribution in [1.29, 1.82) is 0 Å². The number of amides is 1. The molecule has 8 nitrogen and oxygen atoms in total. The molecule has 1 N–H and O–H groups in total. The van der Waals surface area contributed by atoms with Gasteiger partial charge in [0, 0.05) is 6.20 Å². The Balaban J connectivity index is 1.83. The van der Waals surface area contributed by atoms with Crippen LogP contribution in [0.15, 0.2) is 24.0 Å². The number of halogens is 1. The van der Waals surface area contributed by atoms with Gasteiger partial charge in [-0.05, 0) is 51.3 Å². The van der Waals surface area contributed by atoms with Crippen molar-refractivity contribution in [1.82, 2.24) is 9.88 Å². The molecule has 0 radical (unpaired) electrons. The smallest absolute Gasteiger partial charge is 0.358 e. The number of nitrogens with zero attached hydrogens (tertiary/aromatic N) is 2. The molecule has 0 aliphatic carbocycles. The fourth-order valence-corrected chi connectivity index (χ4v) is 3.60. The van der Waals surface area contributed by atoms with Crippen LogP contribution >= 0.6 is 11.6 Å². The summed E-state index contributed by atoms with van der Waals surface area (Å²) in [6.07, 6.45) is 1.05. The van der Waals surface area contributed by atoms with Crippen molar-refractivity contribution in [3.05, 3.63) is 34.7 Å². The molecule has 0 aromatic carbocycles. The van der Waals surface area contributed by atoms with Gasteiger partial charge in [-0.3, -0.25) is 9.59 Å². The highest BCUT2D eigenvalue weighted by atomic mass is 35.5. The monoisotopic (exact) mass is 422 g/mol. The number of fused-ring (bicyclic) bond motifs is 1. The summed E-state index contributed by atoms with van der Waals surface area (Å²) in [5.41, 5.74) is 0.539. The summed E-state index contributed by atoms with van der Waals surface area (Å²) in [6, 6.07) is 2.94. The summed E-state index contributed by atoms with van der Waals surface area (Å²) in [6.45, 7) is 6.04. The summed E-state index contributed by atoms with van der Waals surface area (Å²) >= 11 is 5.84. The molecule has 1 saturated heterocycles. The largest absolute Gasteiger partial charge is 0.427 e. The Kier molecular flexibility index (Phi) is 5.69. The summed E-state index contributed by atoms with van der Waals surface area (Å²) in [5.74, 6) is -2.23. The Morgan fingerprint density at radius 3 is 2.59 bits per heavy atom. The molecule has 2 aliphatic rings. The quantitative estimate of drug-likeness (QED) is 0.335. The lowest BCUT2D eigenvalue weighted by molar-refractivity contribution is -0.175. The minimum absolute atomic E-state index is 0.0767. The Hall–Kier alpha value is -2.45. The fourth-order valence-electron chi connectivity index (χ4n) is 3.49. The summed E-state index contributed by atoms with van der Waals surface area (Å²) in [7, 11) is 0. The standard InChI is InChI=1S/C20H23ClN2O6/c1-10(24)15-13-7-12(11-5-6-14(21)22-8-11)16(23(13)17(15)25)18(26)28-9-29-19(27)20(2,3)4/h5-6,8,10,13,15,24H,7,9H2,1-4H3/t10-,13-,15-/m1/s1. The molecule has 1 aromatic rings. The summed E-state index contributed by atoms with van der Waals surface area (Å²) in [4.78, 5) is 42.5. The van der Waals surface area contributed by atoms with Gasteiger partial charge in [0.05, 0.1) is 23.5 Å². The third kappa shape index (κ3) is 4.00. The van der Waals surface area contributed by atoms with Crippen LogP contribution < -0.4 is 0 Å². The minimum atomic E-state index is -0.837. The van der Waals surface area contributed by atoms with Crippen LogP contribution in [0, 0.1) is 11.3 Å². The van der Waals surface area contributed by atoms with Crippen LogP contribution in [0.25, 0.3) is 5.57 Å². The lowest BCUT2D eigenvalue weighted by Crippen LogP contribution is -2.61. The van der Waals surface area contributed by atoms with E-state index in [0.717, 1.165) is 0 Å². The number of carbonyl (C=O) groups excluding carboxylic acids is 3. The number of aromatic nitrogens is 1. The van der Waals surface area contributed by atoms with E-state index in [9.17, 15) is 19.5 Å². The van der Waals surface area contributed by atoms with E-state index in [-0.39, 0.29) is 17.6 Å². The van der Waals surface area contributed by atoms with Crippen LogP contribution in [0.3, 0.4) is 0 Å². The molecule has 29 heavy (non-hydrogen) atoms. The number of aliphatic hydroxyl groups excluding tert-OH is 1. The molecule has 0 saturated carbocycles. The van der Waals surface area contributed by atoms with Crippen molar-refractivity contribution in [3.8, 4) is 0 Å². The number of ether oxygens (including phenoxy) is 2. The van der Waals surface area contributed by atoms with Crippen molar-refractivity contribution in [3.63, 3.8) is 0 Å². The Bertz CT molecular complexity index is 872. The maximum Gasteiger partial charge on any atom is 0.358 e. The molecule has 0 bridgehead atoms. The third-order valence-corrected chi connectivity index (χ3v) is 5.21. The zero-order valence-corrected chi connectivity index (χ0v) is 17.4. The normalized spacial score (nSPS) is 22.1. The number of hydrogen-bond acceptors (Lipinski definition) is 7. The summed E-state index contributed by atoms with van der Waals surface area (Å²) in [5, 5.41) is 10.2. The average molecular weight is 423 g/mol. The zero-order valence-electron chi connectivity index (χ0n) is 16.6. The molecular weight excluding hydrogens is 400 g/mol. The molecule has 1 amide bonds. The maximum absolute atomic E-state index is 12.8. The number of aliphatic hydroxyl groups is 1. The van der Waals surface area contributed by atoms with Gasteiger partial charge in [0.15, 0.2) is 0 Å². The number of carbonyl (C=O) groups is 3. The van der Waals surface area contributed by atoms with Gasteiger partial charge in [0.2, 0.25) is 12.7 Å². The van der Waals surface area contributed by atoms with Gasteiger partial charge >= 0.3 is 11.9 Å². The zero-order chi connectivity index (χ0) is 21.5. The highest BCUT2D eigenvalue weighted by Gasteiger charge is 2.57. The van der Waals surface area contributed by atoms with E-state index in [1.54, 1.807) is 39.8 Å². The van der Waals surface area contributed by atoms with E-state index in [1.807, 2.05) is 0 Å². The first-order valence-corrected chi connectivity index (χ1v) is 9.60. The second kappa shape index (κ2) is 7.76. The van der Waals surface area contributed by atoms with Crippen LogP contribution in [0.5, 0.6) is 0 Å². The average Bonchev–Trinajstić information content (AvgIpc) is 2.96. The minimum Gasteiger partial charge on any atom is -0.427 e. The topological polar surface area (TPSA) is 106 Å². The number of hydrogen-bond donors (Lipinski definition) is 1. The Labute approximate surface area is 173 Å². The molecular formula is C20H23ClN2O6. The highest BCUT2D eigenvalue weighted by molar-refractivity contribution is 6.29. The van der Waals surface area contributed by atoms with Crippen LogP contribution in [-0.4, -0.2) is 51.8 Å². The van der Waals surface area contributed by atoms with E-state index in [0.29, 0.717) is 22.7 Å².